The van der Waals surface area contributed by atoms with Gasteiger partial charge in [0.05, 0.1) is 30.7 Å². The van der Waals surface area contributed by atoms with Crippen LogP contribution >= 0.6 is 0 Å². The molecule has 2 heterocycles. The van der Waals surface area contributed by atoms with Crippen LogP contribution in [0, 0.1) is 0 Å². The summed E-state index contributed by atoms with van der Waals surface area (Å²) in [6, 6.07) is 11.2. The maximum absolute atomic E-state index is 13.8. The molecule has 0 saturated carbocycles. The summed E-state index contributed by atoms with van der Waals surface area (Å²) >= 11 is 0. The smallest absolute Gasteiger partial charge is 0.338 e. The van der Waals surface area contributed by atoms with Crippen molar-refractivity contribution in [2.45, 2.75) is 37.3 Å². The summed E-state index contributed by atoms with van der Waals surface area (Å²) < 4.78 is 34.3. The van der Waals surface area contributed by atoms with Gasteiger partial charge in [0.25, 0.3) is 0 Å². The Morgan fingerprint density at radius 2 is 0.985 bits per heavy atom. The van der Waals surface area contributed by atoms with Gasteiger partial charge in [0, 0.05) is 59.4 Å². The third-order valence-corrected chi connectivity index (χ3v) is 10.9. The summed E-state index contributed by atoms with van der Waals surface area (Å²) in [5.41, 5.74) is -2.14. The predicted molar refractivity (Wildman–Crippen MR) is 220 cm³/mol. The van der Waals surface area contributed by atoms with Crippen LogP contribution in [0.1, 0.15) is 55.2 Å². The van der Waals surface area contributed by atoms with Crippen molar-refractivity contribution >= 4 is 22.7 Å². The Bertz CT molecular complexity index is 3040. The van der Waals surface area contributed by atoms with Crippen molar-refractivity contribution in [1.29, 1.82) is 0 Å². The summed E-state index contributed by atoms with van der Waals surface area (Å²) in [4.78, 5) is 41.4. The highest BCUT2D eigenvalue weighted by Crippen LogP contribution is 2.50. The average molecular weight is 897 g/mol. The minimum atomic E-state index is -1.60. The van der Waals surface area contributed by atoms with Crippen LogP contribution in [-0.4, -0.2) is 94.5 Å². The van der Waals surface area contributed by atoms with E-state index in [1.807, 2.05) is 0 Å². The van der Waals surface area contributed by atoms with Crippen molar-refractivity contribution in [2.75, 3.05) is 14.2 Å². The number of hydrogen-bond donors (Lipinski definition) is 11. The number of ether oxygens (including phenoxy) is 6. The van der Waals surface area contributed by atoms with E-state index in [1.54, 1.807) is 0 Å². The van der Waals surface area contributed by atoms with Crippen LogP contribution in [0.4, 0.5) is 0 Å². The summed E-state index contributed by atoms with van der Waals surface area (Å²) in [6.07, 6.45) is -6.89. The van der Waals surface area contributed by atoms with Gasteiger partial charge in [0.1, 0.15) is 46.7 Å². The van der Waals surface area contributed by atoms with Crippen LogP contribution < -0.4 is 24.4 Å². The molecule has 0 saturated heterocycles. The molecule has 0 fully saturated rings. The number of fused-ring (bicyclic) bond motifs is 3. The average Bonchev–Trinajstić information content (AvgIpc) is 3.38. The van der Waals surface area contributed by atoms with E-state index in [0.717, 1.165) is 60.7 Å². The highest BCUT2D eigenvalue weighted by molar-refractivity contribution is 5.98. The molecule has 2 aliphatic rings. The second-order valence-corrected chi connectivity index (χ2v) is 15.0. The van der Waals surface area contributed by atoms with Gasteiger partial charge in [0.15, 0.2) is 52.5 Å². The third-order valence-electron chi connectivity index (χ3n) is 10.9. The van der Waals surface area contributed by atoms with Gasteiger partial charge in [-0.25, -0.2) is 9.59 Å². The monoisotopic (exact) mass is 896 g/mol. The lowest BCUT2D eigenvalue weighted by atomic mass is 9.89. The van der Waals surface area contributed by atoms with Crippen molar-refractivity contribution in [1.82, 2.24) is 0 Å². The first-order valence-electron chi connectivity index (χ1n) is 19.2. The number of benzene rings is 5. The van der Waals surface area contributed by atoms with E-state index in [-0.39, 0.29) is 74.6 Å². The molecule has 2 aliphatic heterocycles. The Hall–Kier alpha value is -8.81. The molecular formula is C45H36O20. The molecular weight excluding hydrogens is 860 g/mol. The Morgan fingerprint density at radius 1 is 0.523 bits per heavy atom. The van der Waals surface area contributed by atoms with E-state index >= 15 is 0 Å². The SMILES string of the molecule is COc1cc(C(=O)O[C@@H]2Cc3c(O)cc(O)cc3O[C@@H]2c2cc(=O)c(O)c3c(O)c(O)cc([C@H]4Oc5cc(O)cc(O)c5C[C@H]4OC(=O)c4cc(O)c(O)c(OC)c4)c3c2)cc(O)c1O. The quantitative estimate of drug-likeness (QED) is 0.0723. The van der Waals surface area contributed by atoms with E-state index in [0.29, 0.717) is 0 Å². The largest absolute Gasteiger partial charge is 0.508 e. The first-order valence-corrected chi connectivity index (χ1v) is 19.2. The molecule has 65 heavy (non-hydrogen) atoms. The molecule has 8 rings (SSSR count). The lowest BCUT2D eigenvalue weighted by molar-refractivity contribution is -0.0193. The molecule has 20 nitrogen and oxygen atoms in total. The zero-order valence-electron chi connectivity index (χ0n) is 33.7. The second-order valence-electron chi connectivity index (χ2n) is 15.0. The van der Waals surface area contributed by atoms with Crippen LogP contribution in [0.25, 0.3) is 10.8 Å². The van der Waals surface area contributed by atoms with Gasteiger partial charge in [-0.05, 0) is 47.9 Å². The van der Waals surface area contributed by atoms with Crippen LogP contribution in [0.3, 0.4) is 0 Å². The molecule has 0 radical (unpaired) electrons. The standard InChI is InChI=1S/C45H36O20/c1-60-33-7-17(5-27(50)38(33)54)44(58)64-35-14-23-25(48)9-19(46)11-31(23)62-42(35)16-3-21-22(13-30(53)41(57)37(21)40(56)29(52)4-16)43-36(15-24-26(49)10-20(47)12-32(24)63-43)65-45(59)18-6-28(51)39(55)34(8-18)61-2/h3-13,35-36,42-43,46-51,53-55,57H,14-15H2,1-2H3,(H,52,56)/t35-,36-,42-,43-/m1/s1. The molecule has 0 amide bonds. The molecule has 0 spiro atoms. The maximum Gasteiger partial charge on any atom is 0.338 e. The van der Waals surface area contributed by atoms with Gasteiger partial charge >= 0.3 is 11.9 Å². The van der Waals surface area contributed by atoms with Gasteiger partial charge in [0.2, 0.25) is 16.9 Å². The number of carbonyl (C=O) groups excluding carboxylic acids is 2. The molecule has 11 N–H and O–H groups in total. The molecule has 6 aromatic rings. The Labute approximate surface area is 364 Å². The number of phenols is 10. The van der Waals surface area contributed by atoms with Gasteiger partial charge in [-0.2, -0.15) is 0 Å². The summed E-state index contributed by atoms with van der Waals surface area (Å²) in [5.74, 6) is -10.8. The fourth-order valence-corrected chi connectivity index (χ4v) is 7.83. The fourth-order valence-electron chi connectivity index (χ4n) is 7.83. The Kier molecular flexibility index (Phi) is 10.6. The number of phenolic OH excluding ortho intramolecular Hbond substituents is 10. The normalized spacial score (nSPS) is 17.4. The van der Waals surface area contributed by atoms with E-state index in [2.05, 4.69) is 0 Å². The zero-order chi connectivity index (χ0) is 46.8. The van der Waals surface area contributed by atoms with E-state index in [9.17, 15) is 70.6 Å². The number of hydrogen-bond acceptors (Lipinski definition) is 20. The third kappa shape index (κ3) is 7.62. The summed E-state index contributed by atoms with van der Waals surface area (Å²) in [5, 5.41) is 116. The summed E-state index contributed by atoms with van der Waals surface area (Å²) in [7, 11) is 2.33. The number of esters is 2. The van der Waals surface area contributed by atoms with Crippen molar-refractivity contribution in [2.24, 2.45) is 0 Å². The van der Waals surface area contributed by atoms with Crippen molar-refractivity contribution in [3.63, 3.8) is 0 Å². The van der Waals surface area contributed by atoms with Crippen LogP contribution in [0.5, 0.6) is 86.2 Å². The number of aromatic hydroxyl groups is 11. The van der Waals surface area contributed by atoms with Gasteiger partial charge in [-0.1, -0.05) is 0 Å². The zero-order valence-corrected chi connectivity index (χ0v) is 33.7. The number of methoxy groups -OCH3 is 2. The number of carbonyl (C=O) groups is 2. The highest BCUT2D eigenvalue weighted by Gasteiger charge is 2.41. The van der Waals surface area contributed by atoms with Crippen molar-refractivity contribution < 1.29 is 94.2 Å². The first-order chi connectivity index (χ1) is 30.9. The lowest BCUT2D eigenvalue weighted by Crippen LogP contribution is -2.35. The summed E-state index contributed by atoms with van der Waals surface area (Å²) in [6.45, 7) is 0. The first kappa shape index (κ1) is 42.9. The molecule has 0 aliphatic carbocycles. The molecule has 0 aromatic heterocycles. The second kappa shape index (κ2) is 16.1. The minimum absolute atomic E-state index is 0.0382. The Morgan fingerprint density at radius 3 is 1.48 bits per heavy atom. The van der Waals surface area contributed by atoms with Gasteiger partial charge in [-0.15, -0.1) is 0 Å². The molecule has 6 aromatic carbocycles. The van der Waals surface area contributed by atoms with E-state index < -0.39 is 110 Å². The highest BCUT2D eigenvalue weighted by atomic mass is 16.6. The maximum atomic E-state index is 13.8. The fraction of sp³-hybridized carbons (Fsp3) is 0.178. The van der Waals surface area contributed by atoms with E-state index in [1.165, 1.54) is 20.3 Å². The molecule has 0 bridgehead atoms. The van der Waals surface area contributed by atoms with Crippen molar-refractivity contribution in [3.05, 3.63) is 110 Å². The molecule has 0 unspecified atom stereocenters. The molecule has 20 heteroatoms. The van der Waals surface area contributed by atoms with Crippen LogP contribution in [-0.2, 0) is 22.3 Å². The predicted octanol–water partition coefficient (Wildman–Crippen LogP) is 4.78. The van der Waals surface area contributed by atoms with E-state index in [4.69, 9.17) is 28.4 Å². The van der Waals surface area contributed by atoms with Gasteiger partial charge in [-0.3, -0.25) is 4.79 Å². The van der Waals surface area contributed by atoms with Crippen molar-refractivity contribution in [3.8, 4) is 86.2 Å². The molecule has 336 valence electrons. The van der Waals surface area contributed by atoms with Crippen LogP contribution in [0.2, 0.25) is 0 Å². The van der Waals surface area contributed by atoms with Crippen LogP contribution in [0.15, 0.2) is 71.5 Å². The molecule has 4 atom stereocenters. The topological polar surface area (TPSA) is 329 Å². The number of rotatable bonds is 8. The van der Waals surface area contributed by atoms with Gasteiger partial charge < -0.3 is 84.6 Å². The Balaban J connectivity index is 1.31. The lowest BCUT2D eigenvalue weighted by Gasteiger charge is -2.35. The minimum Gasteiger partial charge on any atom is -0.508 e.